The maximum absolute atomic E-state index is 12.8. The van der Waals surface area contributed by atoms with Crippen molar-refractivity contribution in [1.29, 1.82) is 0 Å². The molecule has 3 rings (SSSR count). The molecule has 29 heavy (non-hydrogen) atoms. The van der Waals surface area contributed by atoms with E-state index in [2.05, 4.69) is 10.3 Å². The number of amides is 1. The van der Waals surface area contributed by atoms with E-state index in [1.54, 1.807) is 37.4 Å². The van der Waals surface area contributed by atoms with E-state index in [1.165, 1.54) is 0 Å². The van der Waals surface area contributed by atoms with Crippen LogP contribution in [0.1, 0.15) is 28.7 Å². The lowest BCUT2D eigenvalue weighted by molar-refractivity contribution is -0.145. The number of ether oxygens (including phenoxy) is 2. The average molecular weight is 393 g/mol. The van der Waals surface area contributed by atoms with Gasteiger partial charge in [0.15, 0.2) is 6.61 Å². The summed E-state index contributed by atoms with van der Waals surface area (Å²) < 4.78 is 12.2. The summed E-state index contributed by atoms with van der Waals surface area (Å²) >= 11 is 0. The molecule has 0 bridgehead atoms. The Hall–Kier alpha value is -3.61. The van der Waals surface area contributed by atoms with Gasteiger partial charge in [-0.2, -0.15) is 0 Å². The lowest BCUT2D eigenvalue weighted by Gasteiger charge is -2.10. The van der Waals surface area contributed by atoms with Crippen LogP contribution in [0.25, 0.3) is 5.82 Å². The lowest BCUT2D eigenvalue weighted by atomic mass is 10.2. The molecule has 150 valence electrons. The summed E-state index contributed by atoms with van der Waals surface area (Å²) in [5.41, 5.74) is 2.84. The molecule has 7 heteroatoms. The van der Waals surface area contributed by atoms with E-state index in [9.17, 15) is 9.59 Å². The number of nitrogens with one attached hydrogen (secondary N) is 1. The number of aromatic nitrogens is 2. The number of hydrogen-bond donors (Lipinski definition) is 1. The van der Waals surface area contributed by atoms with Crippen molar-refractivity contribution < 1.29 is 19.1 Å². The van der Waals surface area contributed by atoms with E-state index >= 15 is 0 Å². The predicted octanol–water partition coefficient (Wildman–Crippen LogP) is 3.68. The van der Waals surface area contributed by atoms with E-state index in [0.29, 0.717) is 23.6 Å². The molecule has 1 amide bonds. The molecule has 3 aromatic rings. The van der Waals surface area contributed by atoms with E-state index in [4.69, 9.17) is 9.47 Å². The fraction of sp³-hybridized carbons (Fsp3) is 0.227. The first-order valence-corrected chi connectivity index (χ1v) is 9.29. The molecule has 0 radical (unpaired) electrons. The Labute approximate surface area is 169 Å². The minimum absolute atomic E-state index is 0.184. The number of anilines is 1. The molecule has 2 aromatic heterocycles. The maximum Gasteiger partial charge on any atom is 0.344 e. The van der Waals surface area contributed by atoms with Crippen molar-refractivity contribution >= 4 is 17.6 Å². The van der Waals surface area contributed by atoms with Gasteiger partial charge in [0, 0.05) is 29.3 Å². The molecule has 0 fully saturated rings. The topological polar surface area (TPSA) is 82.5 Å². The van der Waals surface area contributed by atoms with Crippen LogP contribution in [0.2, 0.25) is 0 Å². The second kappa shape index (κ2) is 9.05. The Kier molecular flexibility index (Phi) is 6.29. The van der Waals surface area contributed by atoms with Gasteiger partial charge in [-0.15, -0.1) is 0 Å². The number of esters is 1. The van der Waals surface area contributed by atoms with Crippen LogP contribution in [0.15, 0.2) is 54.7 Å². The third-order valence-corrected chi connectivity index (χ3v) is 4.31. The van der Waals surface area contributed by atoms with Crippen LogP contribution in [-0.2, 0) is 9.53 Å². The Bertz CT molecular complexity index is 1010. The fourth-order valence-corrected chi connectivity index (χ4v) is 3.04. The van der Waals surface area contributed by atoms with E-state index in [0.717, 1.165) is 17.2 Å². The van der Waals surface area contributed by atoms with Crippen LogP contribution in [0.4, 0.5) is 5.69 Å². The van der Waals surface area contributed by atoms with Crippen LogP contribution >= 0.6 is 0 Å². The third-order valence-electron chi connectivity index (χ3n) is 4.31. The number of carbonyl (C=O) groups excluding carboxylic acids is 2. The Balaban J connectivity index is 1.74. The number of nitrogens with zero attached hydrogens (tertiary/aromatic N) is 2. The molecule has 0 atom stereocenters. The van der Waals surface area contributed by atoms with Gasteiger partial charge in [-0.3, -0.25) is 4.79 Å². The third kappa shape index (κ3) is 4.82. The zero-order chi connectivity index (χ0) is 20.8. The summed E-state index contributed by atoms with van der Waals surface area (Å²) in [6.45, 7) is 5.67. The first-order chi connectivity index (χ1) is 14.0. The second-order valence-electron chi connectivity index (χ2n) is 6.38. The molecule has 0 saturated heterocycles. The number of aryl methyl sites for hydroxylation is 1. The minimum Gasteiger partial charge on any atom is -0.482 e. The Morgan fingerprint density at radius 3 is 2.66 bits per heavy atom. The number of pyridine rings is 1. The minimum atomic E-state index is -0.441. The highest BCUT2D eigenvalue weighted by atomic mass is 16.6. The van der Waals surface area contributed by atoms with Crippen molar-refractivity contribution in [3.05, 3.63) is 71.7 Å². The van der Waals surface area contributed by atoms with Crippen molar-refractivity contribution in [2.45, 2.75) is 20.8 Å². The number of rotatable bonds is 7. The SMILES string of the molecule is CCOC(=O)COc1cccc(NC(=O)c2cc(C)n(-c3ccccn3)c2C)c1. The fourth-order valence-electron chi connectivity index (χ4n) is 3.04. The van der Waals surface area contributed by atoms with Gasteiger partial charge in [-0.25, -0.2) is 9.78 Å². The summed E-state index contributed by atoms with van der Waals surface area (Å²) in [6, 6.07) is 14.4. The zero-order valence-electron chi connectivity index (χ0n) is 16.6. The van der Waals surface area contributed by atoms with Crippen molar-refractivity contribution in [3.63, 3.8) is 0 Å². The highest BCUT2D eigenvalue weighted by Gasteiger charge is 2.17. The zero-order valence-corrected chi connectivity index (χ0v) is 16.6. The largest absolute Gasteiger partial charge is 0.482 e. The monoisotopic (exact) mass is 393 g/mol. The van der Waals surface area contributed by atoms with E-state index < -0.39 is 5.97 Å². The highest BCUT2D eigenvalue weighted by molar-refractivity contribution is 6.05. The lowest BCUT2D eigenvalue weighted by Crippen LogP contribution is -2.15. The number of hydrogen-bond acceptors (Lipinski definition) is 5. The molecule has 1 aromatic carbocycles. The first-order valence-electron chi connectivity index (χ1n) is 9.29. The smallest absolute Gasteiger partial charge is 0.344 e. The molecule has 0 spiro atoms. The van der Waals surface area contributed by atoms with Gasteiger partial charge < -0.3 is 19.4 Å². The van der Waals surface area contributed by atoms with Crippen molar-refractivity contribution in [2.75, 3.05) is 18.5 Å². The molecule has 0 aliphatic rings. The summed E-state index contributed by atoms with van der Waals surface area (Å²) in [7, 11) is 0. The quantitative estimate of drug-likeness (QED) is 0.619. The molecule has 1 N–H and O–H groups in total. The van der Waals surface area contributed by atoms with Crippen molar-refractivity contribution in [3.8, 4) is 11.6 Å². The number of carbonyl (C=O) groups is 2. The van der Waals surface area contributed by atoms with Crippen molar-refractivity contribution in [1.82, 2.24) is 9.55 Å². The Morgan fingerprint density at radius 2 is 1.93 bits per heavy atom. The molecular formula is C22H23N3O4. The summed E-state index contributed by atoms with van der Waals surface area (Å²) in [5, 5.41) is 2.88. The van der Waals surface area contributed by atoms with Crippen LogP contribution < -0.4 is 10.1 Å². The van der Waals surface area contributed by atoms with Crippen LogP contribution in [0.3, 0.4) is 0 Å². The molecule has 7 nitrogen and oxygen atoms in total. The van der Waals surface area contributed by atoms with Crippen LogP contribution in [0, 0.1) is 13.8 Å². The molecule has 2 heterocycles. The Morgan fingerprint density at radius 1 is 1.10 bits per heavy atom. The van der Waals surface area contributed by atoms with E-state index in [-0.39, 0.29) is 12.5 Å². The van der Waals surface area contributed by atoms with Gasteiger partial charge in [0.05, 0.1) is 12.2 Å². The van der Waals surface area contributed by atoms with E-state index in [1.807, 2.05) is 42.7 Å². The predicted molar refractivity (Wildman–Crippen MR) is 110 cm³/mol. The second-order valence-corrected chi connectivity index (χ2v) is 6.38. The van der Waals surface area contributed by atoms with Gasteiger partial charge in [-0.1, -0.05) is 12.1 Å². The molecule has 0 aliphatic carbocycles. The maximum atomic E-state index is 12.8. The van der Waals surface area contributed by atoms with Gasteiger partial charge in [0.25, 0.3) is 5.91 Å². The summed E-state index contributed by atoms with van der Waals surface area (Å²) in [6.07, 6.45) is 1.72. The summed E-state index contributed by atoms with van der Waals surface area (Å²) in [4.78, 5) is 28.6. The highest BCUT2D eigenvalue weighted by Crippen LogP contribution is 2.22. The van der Waals surface area contributed by atoms with Gasteiger partial charge in [-0.05, 0) is 51.1 Å². The molecule has 0 unspecified atom stereocenters. The number of benzene rings is 1. The van der Waals surface area contributed by atoms with Crippen molar-refractivity contribution in [2.24, 2.45) is 0 Å². The first kappa shape index (κ1) is 20.1. The van der Waals surface area contributed by atoms with Gasteiger partial charge in [0.2, 0.25) is 0 Å². The molecule has 0 aliphatic heterocycles. The van der Waals surface area contributed by atoms with Gasteiger partial charge in [0.1, 0.15) is 11.6 Å². The van der Waals surface area contributed by atoms with Gasteiger partial charge >= 0.3 is 5.97 Å². The van der Waals surface area contributed by atoms with Crippen LogP contribution in [0.5, 0.6) is 5.75 Å². The normalized spacial score (nSPS) is 10.4. The standard InChI is InChI=1S/C22H23N3O4/c1-4-28-21(26)14-29-18-9-7-8-17(13-18)24-22(27)19-12-15(2)25(16(19)3)20-10-5-6-11-23-20/h5-13H,4,14H2,1-3H3,(H,24,27). The molecular weight excluding hydrogens is 370 g/mol. The summed E-state index contributed by atoms with van der Waals surface area (Å²) in [5.74, 6) is 0.553. The average Bonchev–Trinajstić information content (AvgIpc) is 3.02. The van der Waals surface area contributed by atoms with Crippen LogP contribution in [-0.4, -0.2) is 34.6 Å². The molecule has 0 saturated carbocycles.